The van der Waals surface area contributed by atoms with Gasteiger partial charge in [-0.15, -0.1) is 10.2 Å². The minimum Gasteiger partial charge on any atom is -0.351 e. The zero-order valence-corrected chi connectivity index (χ0v) is 13.2. The summed E-state index contributed by atoms with van der Waals surface area (Å²) in [5.74, 6) is -0.123. The van der Waals surface area contributed by atoms with Gasteiger partial charge in [-0.2, -0.15) is 0 Å². The maximum atomic E-state index is 12.2. The van der Waals surface area contributed by atoms with Gasteiger partial charge in [0.25, 0.3) is 11.6 Å². The summed E-state index contributed by atoms with van der Waals surface area (Å²) in [6, 6.07) is 5.96. The van der Waals surface area contributed by atoms with Crippen LogP contribution in [0.25, 0.3) is 10.9 Å². The van der Waals surface area contributed by atoms with Crippen LogP contribution < -0.4 is 5.32 Å². The first-order chi connectivity index (χ1) is 10.9. The number of fused-ring (bicyclic) bond motifs is 1. The number of aromatic nitrogens is 3. The molecule has 0 fully saturated rings. The van der Waals surface area contributed by atoms with E-state index in [2.05, 4.69) is 20.5 Å². The van der Waals surface area contributed by atoms with Crippen molar-refractivity contribution in [3.05, 3.63) is 45.1 Å². The van der Waals surface area contributed by atoms with Crippen LogP contribution in [-0.2, 0) is 0 Å². The smallest absolute Gasteiger partial charge is 0.273 e. The Kier molecular flexibility index (Phi) is 3.78. The van der Waals surface area contributed by atoms with E-state index in [1.807, 2.05) is 13.8 Å². The predicted octanol–water partition coefficient (Wildman–Crippen LogP) is 3.30. The summed E-state index contributed by atoms with van der Waals surface area (Å²) in [4.78, 5) is 25.5. The second kappa shape index (κ2) is 5.76. The molecular formula is C14H13N5O3S. The predicted molar refractivity (Wildman–Crippen MR) is 86.9 cm³/mol. The maximum absolute atomic E-state index is 12.2. The average molecular weight is 331 g/mol. The standard InChI is InChI=1S/C14H13N5O3S/c1-7(2)13-17-18-14(23-13)16-12(20)11-6-8-5-9(19(21)22)3-4-10(8)15-11/h3-7,15H,1-2H3,(H,16,18,20). The first-order valence-electron chi connectivity index (χ1n) is 6.86. The lowest BCUT2D eigenvalue weighted by atomic mass is 10.2. The Morgan fingerprint density at radius 2 is 2.13 bits per heavy atom. The molecule has 1 aromatic carbocycles. The van der Waals surface area contributed by atoms with Crippen molar-refractivity contribution in [2.24, 2.45) is 0 Å². The fraction of sp³-hybridized carbons (Fsp3) is 0.214. The van der Waals surface area contributed by atoms with Crippen molar-refractivity contribution in [2.45, 2.75) is 19.8 Å². The fourth-order valence-corrected chi connectivity index (χ4v) is 2.78. The average Bonchev–Trinajstić information content (AvgIpc) is 3.12. The second-order valence-electron chi connectivity index (χ2n) is 5.27. The molecule has 0 atom stereocenters. The molecule has 2 N–H and O–H groups in total. The molecule has 8 nitrogen and oxygen atoms in total. The number of carbonyl (C=O) groups excluding carboxylic acids is 1. The molecule has 9 heteroatoms. The summed E-state index contributed by atoms with van der Waals surface area (Å²) in [5.41, 5.74) is 0.942. The monoisotopic (exact) mass is 331 g/mol. The number of nitrogens with zero attached hydrogens (tertiary/aromatic N) is 3. The molecule has 118 valence electrons. The molecule has 0 spiro atoms. The van der Waals surface area contributed by atoms with E-state index in [1.165, 1.54) is 23.5 Å². The van der Waals surface area contributed by atoms with Crippen LogP contribution in [-0.4, -0.2) is 26.0 Å². The van der Waals surface area contributed by atoms with Crippen LogP contribution in [0.5, 0.6) is 0 Å². The first-order valence-corrected chi connectivity index (χ1v) is 7.67. The highest BCUT2D eigenvalue weighted by Gasteiger charge is 2.15. The van der Waals surface area contributed by atoms with Gasteiger partial charge in [0.1, 0.15) is 10.7 Å². The highest BCUT2D eigenvalue weighted by Crippen LogP contribution is 2.24. The lowest BCUT2D eigenvalue weighted by Gasteiger charge is -1.97. The van der Waals surface area contributed by atoms with E-state index in [0.717, 1.165) is 5.01 Å². The quantitative estimate of drug-likeness (QED) is 0.562. The number of aromatic amines is 1. The number of hydrogen-bond acceptors (Lipinski definition) is 6. The Bertz CT molecular complexity index is 899. The molecule has 3 rings (SSSR count). The summed E-state index contributed by atoms with van der Waals surface area (Å²) >= 11 is 1.32. The molecule has 0 aliphatic carbocycles. The van der Waals surface area contributed by atoms with Crippen LogP contribution in [0.2, 0.25) is 0 Å². The molecule has 3 aromatic rings. The summed E-state index contributed by atoms with van der Waals surface area (Å²) in [7, 11) is 0. The van der Waals surface area contributed by atoms with E-state index in [4.69, 9.17) is 0 Å². The van der Waals surface area contributed by atoms with Gasteiger partial charge in [-0.25, -0.2) is 0 Å². The molecule has 0 unspecified atom stereocenters. The van der Waals surface area contributed by atoms with Crippen molar-refractivity contribution >= 4 is 39.0 Å². The fourth-order valence-electron chi connectivity index (χ4n) is 2.04. The van der Waals surface area contributed by atoms with Gasteiger partial charge in [0.2, 0.25) is 5.13 Å². The van der Waals surface area contributed by atoms with E-state index < -0.39 is 4.92 Å². The summed E-state index contributed by atoms with van der Waals surface area (Å²) < 4.78 is 0. The molecule has 0 bridgehead atoms. The van der Waals surface area contributed by atoms with Crippen LogP contribution >= 0.6 is 11.3 Å². The van der Waals surface area contributed by atoms with Crippen molar-refractivity contribution in [2.75, 3.05) is 5.32 Å². The van der Waals surface area contributed by atoms with Crippen LogP contribution in [0, 0.1) is 10.1 Å². The number of rotatable bonds is 4. The van der Waals surface area contributed by atoms with Gasteiger partial charge in [-0.1, -0.05) is 25.2 Å². The van der Waals surface area contributed by atoms with E-state index in [0.29, 0.717) is 21.7 Å². The Balaban J connectivity index is 1.84. The number of H-pyrrole nitrogens is 1. The van der Waals surface area contributed by atoms with Gasteiger partial charge in [-0.3, -0.25) is 20.2 Å². The van der Waals surface area contributed by atoms with Gasteiger partial charge >= 0.3 is 0 Å². The highest BCUT2D eigenvalue weighted by atomic mass is 32.1. The minimum absolute atomic E-state index is 0.0193. The number of nitrogens with one attached hydrogen (secondary N) is 2. The molecular weight excluding hydrogens is 318 g/mol. The van der Waals surface area contributed by atoms with Crippen LogP contribution in [0.15, 0.2) is 24.3 Å². The molecule has 1 amide bonds. The third-order valence-corrected chi connectivity index (χ3v) is 4.35. The van der Waals surface area contributed by atoms with Crippen LogP contribution in [0.3, 0.4) is 0 Å². The van der Waals surface area contributed by atoms with E-state index in [1.54, 1.807) is 12.1 Å². The Morgan fingerprint density at radius 1 is 1.35 bits per heavy atom. The molecule has 0 radical (unpaired) electrons. The van der Waals surface area contributed by atoms with Crippen LogP contribution in [0.1, 0.15) is 35.3 Å². The minimum atomic E-state index is -0.471. The van der Waals surface area contributed by atoms with Crippen molar-refractivity contribution in [3.63, 3.8) is 0 Å². The van der Waals surface area contributed by atoms with Gasteiger partial charge in [0.15, 0.2) is 0 Å². The topological polar surface area (TPSA) is 114 Å². The molecule has 23 heavy (non-hydrogen) atoms. The summed E-state index contributed by atoms with van der Waals surface area (Å²) in [6.45, 7) is 3.99. The lowest BCUT2D eigenvalue weighted by Crippen LogP contribution is -2.11. The van der Waals surface area contributed by atoms with Gasteiger partial charge in [-0.05, 0) is 12.1 Å². The first kappa shape index (κ1) is 15.1. The SMILES string of the molecule is CC(C)c1nnc(NC(=O)c2cc3cc([N+](=O)[O-])ccc3[nH]2)s1. The van der Waals surface area contributed by atoms with E-state index in [9.17, 15) is 14.9 Å². The van der Waals surface area contributed by atoms with E-state index >= 15 is 0 Å². The Labute approximate surface area is 134 Å². The summed E-state index contributed by atoms with van der Waals surface area (Å²) in [5, 5.41) is 23.3. The Hall–Kier alpha value is -2.81. The van der Waals surface area contributed by atoms with Crippen molar-refractivity contribution in [1.29, 1.82) is 0 Å². The maximum Gasteiger partial charge on any atom is 0.273 e. The Morgan fingerprint density at radius 3 is 2.78 bits per heavy atom. The number of nitro benzene ring substituents is 1. The molecule has 0 saturated carbocycles. The molecule has 0 aliphatic rings. The second-order valence-corrected chi connectivity index (χ2v) is 6.28. The largest absolute Gasteiger partial charge is 0.351 e. The lowest BCUT2D eigenvalue weighted by molar-refractivity contribution is -0.384. The zero-order valence-electron chi connectivity index (χ0n) is 12.4. The van der Waals surface area contributed by atoms with Crippen LogP contribution in [0.4, 0.5) is 10.8 Å². The van der Waals surface area contributed by atoms with Gasteiger partial charge in [0.05, 0.1) is 4.92 Å². The number of non-ortho nitro benzene ring substituents is 1. The van der Waals surface area contributed by atoms with E-state index in [-0.39, 0.29) is 17.5 Å². The number of amides is 1. The number of nitro groups is 1. The van der Waals surface area contributed by atoms with Gasteiger partial charge < -0.3 is 4.98 Å². The van der Waals surface area contributed by atoms with Crippen molar-refractivity contribution in [3.8, 4) is 0 Å². The third-order valence-electron chi connectivity index (χ3n) is 3.21. The van der Waals surface area contributed by atoms with Crippen molar-refractivity contribution in [1.82, 2.24) is 15.2 Å². The molecule has 2 aromatic heterocycles. The molecule has 0 saturated heterocycles. The summed E-state index contributed by atoms with van der Waals surface area (Å²) in [6.07, 6.45) is 0. The number of anilines is 1. The number of carbonyl (C=O) groups is 1. The molecule has 0 aliphatic heterocycles. The third kappa shape index (κ3) is 3.04. The normalized spacial score (nSPS) is 11.1. The zero-order chi connectivity index (χ0) is 16.6. The van der Waals surface area contributed by atoms with Gasteiger partial charge in [0, 0.05) is 29.0 Å². The molecule has 2 heterocycles. The number of benzene rings is 1. The number of hydrogen-bond donors (Lipinski definition) is 2. The highest BCUT2D eigenvalue weighted by molar-refractivity contribution is 7.15. The van der Waals surface area contributed by atoms with Crippen molar-refractivity contribution < 1.29 is 9.72 Å².